The van der Waals surface area contributed by atoms with Gasteiger partial charge in [-0.25, -0.2) is 4.98 Å². The minimum atomic E-state index is -0.251. The SMILES string of the molecule is CCc1cccc(NC(=O)Cn2cnc3scc(-c4cccs4)c3c2=O)c1. The van der Waals surface area contributed by atoms with Crippen LogP contribution in [0.5, 0.6) is 0 Å². The molecule has 3 aromatic heterocycles. The van der Waals surface area contributed by atoms with E-state index < -0.39 is 0 Å². The van der Waals surface area contributed by atoms with Gasteiger partial charge in [0.2, 0.25) is 5.91 Å². The van der Waals surface area contributed by atoms with Crippen molar-refractivity contribution in [2.45, 2.75) is 19.9 Å². The predicted octanol–water partition coefficient (Wildman–Crippen LogP) is 4.39. The minimum Gasteiger partial charge on any atom is -0.325 e. The molecular formula is C20H17N3O2S2. The lowest BCUT2D eigenvalue weighted by Gasteiger charge is -2.08. The number of aromatic nitrogens is 2. The van der Waals surface area contributed by atoms with Gasteiger partial charge < -0.3 is 5.32 Å². The normalized spacial score (nSPS) is 11.0. The number of nitrogens with one attached hydrogen (secondary N) is 1. The highest BCUT2D eigenvalue weighted by Gasteiger charge is 2.15. The zero-order valence-corrected chi connectivity index (χ0v) is 16.3. The molecule has 0 radical (unpaired) electrons. The van der Waals surface area contributed by atoms with Crippen molar-refractivity contribution in [2.75, 3.05) is 5.32 Å². The van der Waals surface area contributed by atoms with E-state index in [-0.39, 0.29) is 18.0 Å². The summed E-state index contributed by atoms with van der Waals surface area (Å²) in [4.78, 5) is 31.5. The second-order valence-corrected chi connectivity index (χ2v) is 7.89. The number of thiophene rings is 2. The van der Waals surface area contributed by atoms with Gasteiger partial charge in [-0.2, -0.15) is 0 Å². The topological polar surface area (TPSA) is 64.0 Å². The lowest BCUT2D eigenvalue weighted by atomic mass is 10.1. The summed E-state index contributed by atoms with van der Waals surface area (Å²) < 4.78 is 1.37. The van der Waals surface area contributed by atoms with Crippen molar-refractivity contribution >= 4 is 44.5 Å². The Hall–Kier alpha value is -2.77. The van der Waals surface area contributed by atoms with E-state index in [0.29, 0.717) is 10.2 Å². The van der Waals surface area contributed by atoms with Crippen LogP contribution in [0.15, 0.2) is 58.3 Å². The number of carbonyl (C=O) groups excluding carboxylic acids is 1. The Labute approximate surface area is 163 Å². The van der Waals surface area contributed by atoms with E-state index in [1.165, 1.54) is 22.2 Å². The first-order valence-corrected chi connectivity index (χ1v) is 10.3. The van der Waals surface area contributed by atoms with Crippen LogP contribution >= 0.6 is 22.7 Å². The van der Waals surface area contributed by atoms with Gasteiger partial charge in [-0.1, -0.05) is 25.1 Å². The first-order valence-electron chi connectivity index (χ1n) is 8.55. The maximum atomic E-state index is 12.9. The molecule has 0 aliphatic rings. The van der Waals surface area contributed by atoms with Crippen LogP contribution in [0.25, 0.3) is 20.7 Å². The number of fused-ring (bicyclic) bond motifs is 1. The van der Waals surface area contributed by atoms with Crippen LogP contribution < -0.4 is 10.9 Å². The molecule has 0 atom stereocenters. The fourth-order valence-corrected chi connectivity index (χ4v) is 4.64. The van der Waals surface area contributed by atoms with Crippen molar-refractivity contribution in [3.8, 4) is 10.4 Å². The standard InChI is InChI=1S/C20H17N3O2S2/c1-2-13-5-3-6-14(9-13)22-17(24)10-23-12-21-19-18(20(23)25)15(11-27-19)16-7-4-8-26-16/h3-9,11-12H,2,10H2,1H3,(H,22,24). The van der Waals surface area contributed by atoms with Gasteiger partial charge in [0.15, 0.2) is 0 Å². The number of aryl methyl sites for hydroxylation is 1. The average Bonchev–Trinajstić information content (AvgIpc) is 3.33. The predicted molar refractivity (Wildman–Crippen MR) is 112 cm³/mol. The molecule has 136 valence electrons. The zero-order valence-electron chi connectivity index (χ0n) is 14.6. The molecule has 27 heavy (non-hydrogen) atoms. The summed E-state index contributed by atoms with van der Waals surface area (Å²) in [6, 6.07) is 11.6. The van der Waals surface area contributed by atoms with E-state index in [0.717, 1.165) is 28.1 Å². The second-order valence-electron chi connectivity index (χ2n) is 6.09. The molecule has 1 aromatic carbocycles. The Morgan fingerprint density at radius 3 is 2.89 bits per heavy atom. The van der Waals surface area contributed by atoms with E-state index in [1.54, 1.807) is 11.3 Å². The Bertz CT molecular complexity index is 1160. The van der Waals surface area contributed by atoms with E-state index in [1.807, 2.05) is 47.2 Å². The fourth-order valence-electron chi connectivity index (χ4n) is 2.92. The van der Waals surface area contributed by atoms with Gasteiger partial charge in [-0.3, -0.25) is 14.2 Å². The summed E-state index contributed by atoms with van der Waals surface area (Å²) in [7, 11) is 0. The van der Waals surface area contributed by atoms with Crippen LogP contribution in [0, 0.1) is 0 Å². The van der Waals surface area contributed by atoms with Crippen LogP contribution in [0.3, 0.4) is 0 Å². The van der Waals surface area contributed by atoms with Crippen LogP contribution in [0.1, 0.15) is 12.5 Å². The second kappa shape index (κ2) is 7.46. The molecule has 0 saturated carbocycles. The summed E-state index contributed by atoms with van der Waals surface area (Å²) in [6.07, 6.45) is 2.34. The van der Waals surface area contributed by atoms with E-state index >= 15 is 0 Å². The van der Waals surface area contributed by atoms with Gasteiger partial charge in [0.05, 0.1) is 11.7 Å². The lowest BCUT2D eigenvalue weighted by Crippen LogP contribution is -2.27. The van der Waals surface area contributed by atoms with Gasteiger partial charge >= 0.3 is 0 Å². The number of nitrogens with zero attached hydrogens (tertiary/aromatic N) is 2. The quantitative estimate of drug-likeness (QED) is 0.545. The first kappa shape index (κ1) is 17.6. The van der Waals surface area contributed by atoms with Gasteiger partial charge in [0.1, 0.15) is 11.4 Å². The largest absolute Gasteiger partial charge is 0.325 e. The van der Waals surface area contributed by atoms with Crippen molar-refractivity contribution in [2.24, 2.45) is 0 Å². The number of amides is 1. The third kappa shape index (κ3) is 3.56. The van der Waals surface area contributed by atoms with Crippen molar-refractivity contribution in [1.82, 2.24) is 9.55 Å². The van der Waals surface area contributed by atoms with E-state index in [9.17, 15) is 9.59 Å². The Morgan fingerprint density at radius 2 is 2.11 bits per heavy atom. The molecule has 0 bridgehead atoms. The number of benzene rings is 1. The van der Waals surface area contributed by atoms with Crippen LogP contribution in [0.4, 0.5) is 5.69 Å². The number of rotatable bonds is 5. The fraction of sp³-hybridized carbons (Fsp3) is 0.150. The molecular weight excluding hydrogens is 378 g/mol. The lowest BCUT2D eigenvalue weighted by molar-refractivity contribution is -0.116. The van der Waals surface area contributed by atoms with Gasteiger partial charge in [-0.05, 0) is 35.6 Å². The Balaban J connectivity index is 1.62. The summed E-state index contributed by atoms with van der Waals surface area (Å²) in [5.74, 6) is -0.251. The minimum absolute atomic E-state index is 0.0716. The highest BCUT2D eigenvalue weighted by atomic mass is 32.1. The average molecular weight is 396 g/mol. The van der Waals surface area contributed by atoms with Crippen molar-refractivity contribution < 1.29 is 4.79 Å². The molecule has 0 saturated heterocycles. The zero-order chi connectivity index (χ0) is 18.8. The number of anilines is 1. The molecule has 7 heteroatoms. The molecule has 4 rings (SSSR count). The van der Waals surface area contributed by atoms with Crippen molar-refractivity contribution in [3.63, 3.8) is 0 Å². The highest BCUT2D eigenvalue weighted by Crippen LogP contribution is 2.33. The summed E-state index contributed by atoms with van der Waals surface area (Å²) in [6.45, 7) is 1.99. The molecule has 0 aliphatic heterocycles. The Morgan fingerprint density at radius 1 is 1.22 bits per heavy atom. The summed E-state index contributed by atoms with van der Waals surface area (Å²) >= 11 is 3.02. The van der Waals surface area contributed by atoms with E-state index in [2.05, 4.69) is 17.2 Å². The number of hydrogen-bond donors (Lipinski definition) is 1. The monoisotopic (exact) mass is 395 g/mol. The molecule has 0 fully saturated rings. The van der Waals surface area contributed by atoms with Crippen molar-refractivity contribution in [3.05, 3.63) is 69.4 Å². The molecule has 5 nitrogen and oxygen atoms in total. The number of carbonyl (C=O) groups is 1. The van der Waals surface area contributed by atoms with E-state index in [4.69, 9.17) is 0 Å². The van der Waals surface area contributed by atoms with Gasteiger partial charge in [0, 0.05) is 21.5 Å². The summed E-state index contributed by atoms with van der Waals surface area (Å²) in [5, 5.41) is 7.36. The molecule has 4 aromatic rings. The van der Waals surface area contributed by atoms with Crippen molar-refractivity contribution in [1.29, 1.82) is 0 Å². The smallest absolute Gasteiger partial charge is 0.263 e. The molecule has 1 amide bonds. The molecule has 0 aliphatic carbocycles. The van der Waals surface area contributed by atoms with Gasteiger partial charge in [-0.15, -0.1) is 22.7 Å². The first-order chi connectivity index (χ1) is 13.2. The summed E-state index contributed by atoms with van der Waals surface area (Å²) in [5.41, 5.74) is 2.57. The third-order valence-electron chi connectivity index (χ3n) is 4.28. The molecule has 0 unspecified atom stereocenters. The van der Waals surface area contributed by atoms with Crippen LogP contribution in [-0.2, 0) is 17.8 Å². The third-order valence-corrected chi connectivity index (χ3v) is 6.07. The maximum absolute atomic E-state index is 12.9. The van der Waals surface area contributed by atoms with Crippen LogP contribution in [-0.4, -0.2) is 15.5 Å². The molecule has 3 heterocycles. The molecule has 1 N–H and O–H groups in total. The highest BCUT2D eigenvalue weighted by molar-refractivity contribution is 7.18. The molecule has 0 spiro atoms. The maximum Gasteiger partial charge on any atom is 0.263 e. The number of hydrogen-bond acceptors (Lipinski definition) is 5. The van der Waals surface area contributed by atoms with Gasteiger partial charge in [0.25, 0.3) is 5.56 Å². The Kier molecular flexibility index (Phi) is 4.87. The van der Waals surface area contributed by atoms with Crippen LogP contribution in [0.2, 0.25) is 0 Å².